The summed E-state index contributed by atoms with van der Waals surface area (Å²) in [5.74, 6) is 1.51. The van der Waals surface area contributed by atoms with Crippen molar-refractivity contribution in [2.75, 3.05) is 13.1 Å². The van der Waals surface area contributed by atoms with Crippen molar-refractivity contribution in [2.24, 2.45) is 0 Å². The molecule has 0 amide bonds. The lowest BCUT2D eigenvalue weighted by molar-refractivity contribution is -0.00418. The predicted octanol–water partition coefficient (Wildman–Crippen LogP) is 5.48. The second-order valence-electron chi connectivity index (χ2n) is 7.30. The van der Waals surface area contributed by atoms with Crippen LogP contribution in [-0.2, 0) is 17.9 Å². The van der Waals surface area contributed by atoms with E-state index in [-0.39, 0.29) is 0 Å². The van der Waals surface area contributed by atoms with Crippen LogP contribution in [0.5, 0.6) is 0 Å². The van der Waals surface area contributed by atoms with Gasteiger partial charge in [-0.05, 0) is 43.5 Å². The minimum absolute atomic E-state index is 0.330. The van der Waals surface area contributed by atoms with Crippen LogP contribution in [0, 0.1) is 6.92 Å². The van der Waals surface area contributed by atoms with Crippen LogP contribution >= 0.6 is 11.6 Å². The summed E-state index contributed by atoms with van der Waals surface area (Å²) >= 11 is 6.09. The first-order valence-electron chi connectivity index (χ1n) is 9.77. The van der Waals surface area contributed by atoms with E-state index in [9.17, 15) is 0 Å². The minimum atomic E-state index is 0.330. The molecule has 1 aliphatic rings. The highest BCUT2D eigenvalue weighted by Gasteiger charge is 2.22. The molecule has 3 aromatic rings. The molecule has 2 aromatic carbocycles. The number of piperidine rings is 1. The highest BCUT2D eigenvalue weighted by molar-refractivity contribution is 6.30. The van der Waals surface area contributed by atoms with Crippen molar-refractivity contribution in [3.05, 3.63) is 76.6 Å². The van der Waals surface area contributed by atoms with Crippen LogP contribution in [0.2, 0.25) is 5.02 Å². The van der Waals surface area contributed by atoms with Gasteiger partial charge in [-0.25, -0.2) is 4.98 Å². The summed E-state index contributed by atoms with van der Waals surface area (Å²) in [4.78, 5) is 7.14. The smallest absolute Gasteiger partial charge is 0.226 e. The van der Waals surface area contributed by atoms with Gasteiger partial charge >= 0.3 is 0 Å². The van der Waals surface area contributed by atoms with Gasteiger partial charge in [-0.1, -0.05) is 48.0 Å². The summed E-state index contributed by atoms with van der Waals surface area (Å²) < 4.78 is 12.0. The Balaban J connectivity index is 1.30. The molecule has 0 radical (unpaired) electrons. The average molecular weight is 397 g/mol. The van der Waals surface area contributed by atoms with Crippen molar-refractivity contribution in [2.45, 2.75) is 39.0 Å². The number of likely N-dealkylation sites (tertiary alicyclic amines) is 1. The molecule has 0 unspecified atom stereocenters. The molecule has 0 aliphatic carbocycles. The van der Waals surface area contributed by atoms with Crippen LogP contribution in [0.1, 0.15) is 29.9 Å². The first-order chi connectivity index (χ1) is 13.7. The molecule has 5 heteroatoms. The standard InChI is InChI=1S/C23H25ClN2O2/c1-17-22(25-23(28-17)19-8-5-9-20(24)14-19)15-26-12-10-21(11-13-26)27-16-18-6-3-2-4-7-18/h2-9,14,21H,10-13,15-16H2,1H3. The first-order valence-corrected chi connectivity index (χ1v) is 10.2. The van der Waals surface area contributed by atoms with E-state index in [1.165, 1.54) is 5.56 Å². The Bertz CT molecular complexity index is 902. The van der Waals surface area contributed by atoms with Gasteiger partial charge in [0.25, 0.3) is 0 Å². The highest BCUT2D eigenvalue weighted by atomic mass is 35.5. The van der Waals surface area contributed by atoms with Gasteiger partial charge in [0.2, 0.25) is 5.89 Å². The van der Waals surface area contributed by atoms with Crippen LogP contribution in [-0.4, -0.2) is 29.1 Å². The third kappa shape index (κ3) is 4.82. The Morgan fingerprint density at radius 1 is 1.11 bits per heavy atom. The van der Waals surface area contributed by atoms with Crippen molar-refractivity contribution in [3.63, 3.8) is 0 Å². The van der Waals surface area contributed by atoms with Crippen molar-refractivity contribution in [1.82, 2.24) is 9.88 Å². The molecular weight excluding hydrogens is 372 g/mol. The number of rotatable bonds is 6. The van der Waals surface area contributed by atoms with E-state index in [1.54, 1.807) is 0 Å². The molecule has 1 saturated heterocycles. The molecule has 0 bridgehead atoms. The maximum Gasteiger partial charge on any atom is 0.226 e. The van der Waals surface area contributed by atoms with Gasteiger partial charge in [-0.15, -0.1) is 0 Å². The second-order valence-corrected chi connectivity index (χ2v) is 7.74. The van der Waals surface area contributed by atoms with Gasteiger partial charge in [-0.2, -0.15) is 0 Å². The summed E-state index contributed by atoms with van der Waals surface area (Å²) in [6.07, 6.45) is 2.42. The van der Waals surface area contributed by atoms with E-state index in [0.717, 1.165) is 49.5 Å². The maximum atomic E-state index is 6.09. The summed E-state index contributed by atoms with van der Waals surface area (Å²) in [6.45, 7) is 5.50. The molecule has 28 heavy (non-hydrogen) atoms. The first kappa shape index (κ1) is 19.2. The number of hydrogen-bond donors (Lipinski definition) is 0. The topological polar surface area (TPSA) is 38.5 Å². The predicted molar refractivity (Wildman–Crippen MR) is 111 cm³/mol. The monoisotopic (exact) mass is 396 g/mol. The van der Waals surface area contributed by atoms with Gasteiger partial charge < -0.3 is 9.15 Å². The zero-order valence-corrected chi connectivity index (χ0v) is 16.9. The number of hydrogen-bond acceptors (Lipinski definition) is 4. The Kier molecular flexibility index (Phi) is 6.10. The van der Waals surface area contributed by atoms with Crippen molar-refractivity contribution < 1.29 is 9.15 Å². The van der Waals surface area contributed by atoms with Crippen molar-refractivity contribution >= 4 is 11.6 Å². The quantitative estimate of drug-likeness (QED) is 0.552. The fourth-order valence-corrected chi connectivity index (χ4v) is 3.74. The van der Waals surface area contributed by atoms with Gasteiger partial charge in [0.1, 0.15) is 5.76 Å². The van der Waals surface area contributed by atoms with Gasteiger partial charge in [0, 0.05) is 30.2 Å². The molecule has 4 rings (SSSR count). The SMILES string of the molecule is Cc1oc(-c2cccc(Cl)c2)nc1CN1CCC(OCc2ccccc2)CC1. The Labute approximate surface area is 171 Å². The Hall–Kier alpha value is -2.14. The van der Waals surface area contributed by atoms with E-state index in [0.29, 0.717) is 23.6 Å². The molecule has 0 N–H and O–H groups in total. The molecule has 1 aromatic heterocycles. The number of oxazole rings is 1. The molecule has 4 nitrogen and oxygen atoms in total. The number of benzene rings is 2. The molecule has 1 fully saturated rings. The number of nitrogens with zero attached hydrogens (tertiary/aromatic N) is 2. The number of halogens is 1. The van der Waals surface area contributed by atoms with Gasteiger partial charge in [0.15, 0.2) is 0 Å². The molecule has 0 spiro atoms. The lowest BCUT2D eigenvalue weighted by atomic mass is 10.1. The number of aryl methyl sites for hydroxylation is 1. The third-order valence-electron chi connectivity index (χ3n) is 5.20. The van der Waals surface area contributed by atoms with Gasteiger partial charge in [-0.3, -0.25) is 4.90 Å². The molecule has 1 aliphatic heterocycles. The number of ether oxygens (including phenoxy) is 1. The van der Waals surface area contributed by atoms with E-state index >= 15 is 0 Å². The van der Waals surface area contributed by atoms with Crippen LogP contribution in [0.4, 0.5) is 0 Å². The van der Waals surface area contributed by atoms with Crippen LogP contribution in [0.25, 0.3) is 11.5 Å². The third-order valence-corrected chi connectivity index (χ3v) is 5.44. The van der Waals surface area contributed by atoms with Crippen LogP contribution in [0.3, 0.4) is 0 Å². The summed E-state index contributed by atoms with van der Waals surface area (Å²) in [5.41, 5.74) is 3.14. The lowest BCUT2D eigenvalue weighted by Crippen LogP contribution is -2.36. The lowest BCUT2D eigenvalue weighted by Gasteiger charge is -2.31. The van der Waals surface area contributed by atoms with E-state index in [1.807, 2.05) is 37.3 Å². The van der Waals surface area contributed by atoms with Crippen molar-refractivity contribution in [3.8, 4) is 11.5 Å². The fourth-order valence-electron chi connectivity index (χ4n) is 3.55. The van der Waals surface area contributed by atoms with E-state index < -0.39 is 0 Å². The summed E-state index contributed by atoms with van der Waals surface area (Å²) in [5, 5.41) is 0.687. The molecule has 2 heterocycles. The van der Waals surface area contributed by atoms with Crippen molar-refractivity contribution in [1.29, 1.82) is 0 Å². The summed E-state index contributed by atoms with van der Waals surface area (Å²) in [6, 6.07) is 18.0. The molecule has 146 valence electrons. The fraction of sp³-hybridized carbons (Fsp3) is 0.348. The molecule has 0 atom stereocenters. The van der Waals surface area contributed by atoms with E-state index in [4.69, 9.17) is 25.7 Å². The largest absolute Gasteiger partial charge is 0.441 e. The average Bonchev–Trinajstić information content (AvgIpc) is 3.09. The highest BCUT2D eigenvalue weighted by Crippen LogP contribution is 2.26. The zero-order valence-electron chi connectivity index (χ0n) is 16.1. The Morgan fingerprint density at radius 3 is 2.64 bits per heavy atom. The second kappa shape index (κ2) is 8.91. The zero-order chi connectivity index (χ0) is 19.3. The normalized spacial score (nSPS) is 15.8. The van der Waals surface area contributed by atoms with Crippen LogP contribution < -0.4 is 0 Å². The number of aromatic nitrogens is 1. The van der Waals surface area contributed by atoms with E-state index in [2.05, 4.69) is 29.2 Å². The molecular formula is C23H25ClN2O2. The van der Waals surface area contributed by atoms with Crippen LogP contribution in [0.15, 0.2) is 59.0 Å². The maximum absolute atomic E-state index is 6.09. The Morgan fingerprint density at radius 2 is 1.89 bits per heavy atom. The summed E-state index contributed by atoms with van der Waals surface area (Å²) in [7, 11) is 0. The minimum Gasteiger partial charge on any atom is -0.441 e. The molecule has 0 saturated carbocycles. The van der Waals surface area contributed by atoms with Gasteiger partial charge in [0.05, 0.1) is 18.4 Å².